The van der Waals surface area contributed by atoms with Crippen LogP contribution < -0.4 is 9.64 Å². The molecule has 6 nitrogen and oxygen atoms in total. The summed E-state index contributed by atoms with van der Waals surface area (Å²) in [4.78, 5) is 22.1. The maximum Gasteiger partial charge on any atom is 0.490 e. The van der Waals surface area contributed by atoms with Gasteiger partial charge in [0.05, 0.1) is 5.57 Å². The smallest absolute Gasteiger partial charge is 0.478 e. The third-order valence-electron chi connectivity index (χ3n) is 4.65. The van der Waals surface area contributed by atoms with E-state index >= 15 is 0 Å². The van der Waals surface area contributed by atoms with Gasteiger partial charge in [-0.25, -0.2) is 9.59 Å². The molecule has 1 heterocycles. The maximum atomic E-state index is 13.2. The van der Waals surface area contributed by atoms with E-state index in [0.717, 1.165) is 17.3 Å². The van der Waals surface area contributed by atoms with Crippen molar-refractivity contribution in [3.8, 4) is 5.75 Å². The molecule has 190 valence electrons. The van der Waals surface area contributed by atoms with Gasteiger partial charge in [0.15, 0.2) is 0 Å². The lowest BCUT2D eigenvalue weighted by Gasteiger charge is -2.27. The molecule has 1 unspecified atom stereocenters. The zero-order chi connectivity index (χ0) is 26.7. The highest BCUT2D eigenvalue weighted by molar-refractivity contribution is 6.31. The van der Waals surface area contributed by atoms with Gasteiger partial charge in [-0.3, -0.25) is 0 Å². The first-order chi connectivity index (χ1) is 16.0. The first-order valence-corrected chi connectivity index (χ1v) is 9.95. The van der Waals surface area contributed by atoms with E-state index in [-0.39, 0.29) is 11.3 Å². The molecule has 2 N–H and O–H groups in total. The largest absolute Gasteiger partial charge is 0.490 e. The van der Waals surface area contributed by atoms with Gasteiger partial charge < -0.3 is 19.8 Å². The van der Waals surface area contributed by atoms with Crippen molar-refractivity contribution in [2.75, 3.05) is 19.0 Å². The molecule has 0 fully saturated rings. The van der Waals surface area contributed by atoms with Crippen LogP contribution in [-0.4, -0.2) is 54.7 Å². The lowest BCUT2D eigenvalue weighted by atomic mass is 9.97. The van der Waals surface area contributed by atoms with Crippen molar-refractivity contribution in [1.29, 1.82) is 0 Å². The average Bonchev–Trinajstić information content (AvgIpc) is 2.73. The van der Waals surface area contributed by atoms with Gasteiger partial charge in [-0.1, -0.05) is 23.7 Å². The number of aliphatic carboxylic acids is 2. The van der Waals surface area contributed by atoms with Gasteiger partial charge in [0.2, 0.25) is 6.10 Å². The molecule has 2 aromatic carbocycles. The van der Waals surface area contributed by atoms with Crippen molar-refractivity contribution < 1.29 is 50.9 Å². The van der Waals surface area contributed by atoms with Gasteiger partial charge in [-0.05, 0) is 47.9 Å². The number of rotatable bonds is 4. The number of ether oxygens (including phenoxy) is 1. The topological polar surface area (TPSA) is 87.1 Å². The molecule has 0 amide bonds. The second-order valence-corrected chi connectivity index (χ2v) is 7.87. The van der Waals surface area contributed by atoms with E-state index in [4.69, 9.17) is 31.3 Å². The van der Waals surface area contributed by atoms with Crippen LogP contribution in [0.3, 0.4) is 0 Å². The minimum atomic E-state index is -5.08. The first-order valence-electron chi connectivity index (χ1n) is 9.57. The third kappa shape index (κ3) is 7.28. The highest BCUT2D eigenvalue weighted by atomic mass is 35.5. The average molecular weight is 526 g/mol. The number of halogens is 7. The number of hydrogen-bond donors (Lipinski definition) is 2. The molecule has 0 aromatic heterocycles. The molecule has 1 aliphatic rings. The number of anilines is 1. The Labute approximate surface area is 200 Å². The summed E-state index contributed by atoms with van der Waals surface area (Å²) < 4.78 is 76.4. The normalized spacial score (nSPS) is 15.1. The lowest BCUT2D eigenvalue weighted by Crippen LogP contribution is -2.40. The lowest BCUT2D eigenvalue weighted by molar-refractivity contribution is -0.192. The van der Waals surface area contributed by atoms with Crippen LogP contribution in [0.2, 0.25) is 5.02 Å². The number of carboxylic acids is 2. The predicted molar refractivity (Wildman–Crippen MR) is 115 cm³/mol. The van der Waals surface area contributed by atoms with Crippen LogP contribution in [0, 0.1) is 0 Å². The van der Waals surface area contributed by atoms with Crippen molar-refractivity contribution in [2.45, 2.75) is 24.9 Å². The van der Waals surface area contributed by atoms with E-state index in [2.05, 4.69) is 0 Å². The molecule has 0 saturated carbocycles. The molecule has 0 bridgehead atoms. The van der Waals surface area contributed by atoms with Crippen LogP contribution in [0.15, 0.2) is 42.0 Å². The summed E-state index contributed by atoms with van der Waals surface area (Å²) in [6, 6.07) is 10.5. The quantitative estimate of drug-likeness (QED) is 0.518. The molecule has 2 aromatic rings. The summed E-state index contributed by atoms with van der Waals surface area (Å²) in [6.07, 6.45) is -11.1. The second-order valence-electron chi connectivity index (χ2n) is 7.47. The van der Waals surface area contributed by atoms with Crippen molar-refractivity contribution in [1.82, 2.24) is 0 Å². The number of carboxylic acid groups (broad SMARTS) is 2. The van der Waals surface area contributed by atoms with Crippen LogP contribution in [0.25, 0.3) is 6.08 Å². The minimum absolute atomic E-state index is 0.0448. The van der Waals surface area contributed by atoms with Crippen LogP contribution >= 0.6 is 11.6 Å². The van der Waals surface area contributed by atoms with Crippen molar-refractivity contribution in [3.63, 3.8) is 0 Å². The molecular formula is C22H18ClF6NO5. The van der Waals surface area contributed by atoms with E-state index in [1.165, 1.54) is 12.1 Å². The standard InChI is InChI=1S/C20H17ClF3NO3.C2HF3O2/c1-25(2)14-5-3-11(4-6-14)7-12-10-17-13(9-16(12)21)8-15(19(26)27)18(28-17)20(22,23)24;3-2(4,5)1(6)7/h3-6,8-10,18H,7H2,1-2H3,(H,26,27);(H,6,7). The Morgan fingerprint density at radius 2 is 1.57 bits per heavy atom. The molecular weight excluding hydrogens is 508 g/mol. The third-order valence-corrected chi connectivity index (χ3v) is 5.00. The summed E-state index contributed by atoms with van der Waals surface area (Å²) in [6.45, 7) is 0. The molecule has 0 aliphatic carbocycles. The molecule has 0 saturated heterocycles. The molecule has 13 heteroatoms. The Hall–Kier alpha value is -3.41. The molecule has 0 radical (unpaired) electrons. The van der Waals surface area contributed by atoms with Gasteiger partial charge in [-0.15, -0.1) is 0 Å². The summed E-state index contributed by atoms with van der Waals surface area (Å²) >= 11 is 6.28. The Kier molecular flexibility index (Phi) is 8.32. The van der Waals surface area contributed by atoms with Gasteiger partial charge in [0.25, 0.3) is 0 Å². The van der Waals surface area contributed by atoms with Gasteiger partial charge in [-0.2, -0.15) is 26.3 Å². The fourth-order valence-electron chi connectivity index (χ4n) is 2.94. The summed E-state index contributed by atoms with van der Waals surface area (Å²) in [5, 5.41) is 16.5. The Balaban J connectivity index is 0.000000540. The Bertz CT molecular complexity index is 1130. The van der Waals surface area contributed by atoms with Crippen LogP contribution in [-0.2, 0) is 16.0 Å². The monoisotopic (exact) mass is 525 g/mol. The van der Waals surface area contributed by atoms with Crippen molar-refractivity contribution in [2.24, 2.45) is 0 Å². The zero-order valence-corrected chi connectivity index (χ0v) is 18.8. The van der Waals surface area contributed by atoms with E-state index in [1.54, 1.807) is 0 Å². The number of alkyl halides is 6. The molecule has 35 heavy (non-hydrogen) atoms. The van der Waals surface area contributed by atoms with E-state index in [9.17, 15) is 31.1 Å². The van der Waals surface area contributed by atoms with Crippen LogP contribution in [0.4, 0.5) is 32.0 Å². The SMILES string of the molecule is CN(C)c1ccc(Cc2cc3c(cc2Cl)C=C(C(=O)O)C(C(F)(F)F)O3)cc1.O=C(O)C(F)(F)F. The zero-order valence-electron chi connectivity index (χ0n) is 18.0. The Morgan fingerprint density at radius 3 is 2.00 bits per heavy atom. The highest BCUT2D eigenvalue weighted by Crippen LogP contribution is 2.39. The number of benzene rings is 2. The van der Waals surface area contributed by atoms with Crippen molar-refractivity contribution in [3.05, 3.63) is 63.7 Å². The highest BCUT2D eigenvalue weighted by Gasteiger charge is 2.48. The van der Waals surface area contributed by atoms with Crippen molar-refractivity contribution >= 4 is 35.3 Å². The molecule has 0 spiro atoms. The van der Waals surface area contributed by atoms with Crippen LogP contribution in [0.5, 0.6) is 5.75 Å². The molecule has 1 atom stereocenters. The summed E-state index contributed by atoms with van der Waals surface area (Å²) in [5.74, 6) is -4.49. The molecule has 1 aliphatic heterocycles. The van der Waals surface area contributed by atoms with E-state index in [1.807, 2.05) is 43.3 Å². The summed E-state index contributed by atoms with van der Waals surface area (Å²) in [7, 11) is 3.84. The molecule has 3 rings (SSSR count). The summed E-state index contributed by atoms with van der Waals surface area (Å²) in [5.41, 5.74) is 1.86. The maximum absolute atomic E-state index is 13.2. The second kappa shape index (κ2) is 10.5. The van der Waals surface area contributed by atoms with Gasteiger partial charge in [0.1, 0.15) is 5.75 Å². The fourth-order valence-corrected chi connectivity index (χ4v) is 3.18. The number of carbonyl (C=O) groups is 2. The fraction of sp³-hybridized carbons (Fsp3) is 0.273. The Morgan fingerprint density at radius 1 is 1.03 bits per heavy atom. The van der Waals surface area contributed by atoms with E-state index < -0.39 is 36.0 Å². The predicted octanol–water partition coefficient (Wildman–Crippen LogP) is 5.42. The number of nitrogens with zero attached hydrogens (tertiary/aromatic N) is 1. The van der Waals surface area contributed by atoms with E-state index in [0.29, 0.717) is 17.0 Å². The van der Waals surface area contributed by atoms with Gasteiger partial charge >= 0.3 is 24.3 Å². The number of fused-ring (bicyclic) bond motifs is 1. The number of hydrogen-bond acceptors (Lipinski definition) is 4. The first kappa shape index (κ1) is 27.8. The van der Waals surface area contributed by atoms with Gasteiger partial charge in [0, 0.05) is 30.4 Å². The minimum Gasteiger partial charge on any atom is -0.478 e. The van der Waals surface area contributed by atoms with Crippen LogP contribution in [0.1, 0.15) is 16.7 Å².